The van der Waals surface area contributed by atoms with E-state index in [0.717, 1.165) is 39.1 Å². The maximum atomic E-state index is 12.1. The van der Waals surface area contributed by atoms with Gasteiger partial charge in [0.25, 0.3) is 0 Å². The molecule has 0 unspecified atom stereocenters. The Hall–Kier alpha value is -1.95. The second-order valence-corrected chi connectivity index (χ2v) is 6.70. The highest BCUT2D eigenvalue weighted by molar-refractivity contribution is 6.30. The summed E-state index contributed by atoms with van der Waals surface area (Å²) in [6.07, 6.45) is 2.60. The molecule has 2 aromatic rings. The fraction of sp³-hybridized carbons (Fsp3) is 0.368. The predicted octanol–water partition coefficient (Wildman–Crippen LogP) is 2.53. The smallest absolute Gasteiger partial charge is 0.239 e. The monoisotopic (exact) mass is 358 g/mol. The minimum absolute atomic E-state index is 0.0347. The number of piperazine rings is 1. The van der Waals surface area contributed by atoms with Gasteiger partial charge in [-0.05, 0) is 24.1 Å². The van der Waals surface area contributed by atoms with Gasteiger partial charge in [0, 0.05) is 38.9 Å². The molecule has 1 N–H and O–H groups in total. The van der Waals surface area contributed by atoms with Gasteiger partial charge in [0.05, 0.1) is 11.6 Å². The summed E-state index contributed by atoms with van der Waals surface area (Å²) in [7, 11) is 0. The van der Waals surface area contributed by atoms with Crippen molar-refractivity contribution in [3.05, 3.63) is 59.2 Å². The molecule has 0 atom stereocenters. The highest BCUT2D eigenvalue weighted by Gasteiger charge is 2.18. The molecule has 25 heavy (non-hydrogen) atoms. The molecule has 0 spiro atoms. The van der Waals surface area contributed by atoms with E-state index < -0.39 is 0 Å². The quantitative estimate of drug-likeness (QED) is 0.862. The molecular formula is C19H23ClN4O. The van der Waals surface area contributed by atoms with Crippen LogP contribution in [0.3, 0.4) is 0 Å². The zero-order chi connectivity index (χ0) is 17.5. The second kappa shape index (κ2) is 8.94. The van der Waals surface area contributed by atoms with Gasteiger partial charge in [0.15, 0.2) is 0 Å². The number of nitrogens with one attached hydrogen (secondary N) is 1. The largest absolute Gasteiger partial charge is 0.310 e. The summed E-state index contributed by atoms with van der Waals surface area (Å²) in [6.45, 7) is 5.29. The van der Waals surface area contributed by atoms with Crippen molar-refractivity contribution in [3.63, 3.8) is 0 Å². The number of anilines is 1. The van der Waals surface area contributed by atoms with E-state index in [-0.39, 0.29) is 5.91 Å². The Kier molecular flexibility index (Phi) is 6.39. The number of hydrogen-bond acceptors (Lipinski definition) is 4. The lowest BCUT2D eigenvalue weighted by Crippen LogP contribution is -2.49. The molecule has 1 fully saturated rings. The van der Waals surface area contributed by atoms with Crippen molar-refractivity contribution in [1.82, 2.24) is 14.8 Å². The Morgan fingerprint density at radius 3 is 2.44 bits per heavy atom. The molecule has 0 bridgehead atoms. The van der Waals surface area contributed by atoms with Gasteiger partial charge in [-0.2, -0.15) is 0 Å². The molecule has 1 aromatic carbocycles. The van der Waals surface area contributed by atoms with Crippen LogP contribution in [-0.2, 0) is 11.2 Å². The van der Waals surface area contributed by atoms with Crippen LogP contribution in [0, 0.1) is 0 Å². The van der Waals surface area contributed by atoms with Crippen molar-refractivity contribution in [1.29, 1.82) is 0 Å². The molecular weight excluding hydrogens is 336 g/mol. The number of carbonyl (C=O) groups excluding carboxylic acids is 1. The number of benzene rings is 1. The molecule has 6 heteroatoms. The summed E-state index contributed by atoms with van der Waals surface area (Å²) >= 11 is 5.79. The Morgan fingerprint density at radius 2 is 1.76 bits per heavy atom. The number of pyridine rings is 1. The molecule has 1 saturated heterocycles. The number of rotatable bonds is 6. The summed E-state index contributed by atoms with van der Waals surface area (Å²) in [5.74, 6) is 0.503. The summed E-state index contributed by atoms with van der Waals surface area (Å²) < 4.78 is 0. The minimum Gasteiger partial charge on any atom is -0.310 e. The van der Waals surface area contributed by atoms with E-state index in [1.54, 1.807) is 12.1 Å². The first kappa shape index (κ1) is 17.9. The molecule has 1 aliphatic heterocycles. The van der Waals surface area contributed by atoms with Crippen molar-refractivity contribution >= 4 is 23.3 Å². The molecule has 1 amide bonds. The van der Waals surface area contributed by atoms with Gasteiger partial charge in [-0.25, -0.2) is 4.98 Å². The van der Waals surface area contributed by atoms with E-state index in [1.807, 2.05) is 6.07 Å². The number of hydrogen-bond donors (Lipinski definition) is 1. The Labute approximate surface area is 153 Å². The van der Waals surface area contributed by atoms with Gasteiger partial charge in [-0.3, -0.25) is 9.69 Å². The topological polar surface area (TPSA) is 48.5 Å². The van der Waals surface area contributed by atoms with Crippen molar-refractivity contribution in [2.24, 2.45) is 0 Å². The number of halogens is 1. The highest BCUT2D eigenvalue weighted by Crippen LogP contribution is 2.10. The van der Waals surface area contributed by atoms with Gasteiger partial charge in [0.1, 0.15) is 5.82 Å². The molecule has 0 radical (unpaired) electrons. The third-order valence-electron chi connectivity index (χ3n) is 4.39. The minimum atomic E-state index is -0.0347. The van der Waals surface area contributed by atoms with Crippen molar-refractivity contribution in [2.75, 3.05) is 44.6 Å². The van der Waals surface area contributed by atoms with Crippen molar-refractivity contribution in [3.8, 4) is 0 Å². The van der Waals surface area contributed by atoms with Crippen LogP contribution in [0.5, 0.6) is 0 Å². The number of carbonyl (C=O) groups is 1. The van der Waals surface area contributed by atoms with Gasteiger partial charge in [-0.1, -0.05) is 41.9 Å². The molecule has 132 valence electrons. The van der Waals surface area contributed by atoms with Crippen LogP contribution in [0.25, 0.3) is 0 Å². The first-order valence-electron chi connectivity index (χ1n) is 8.59. The first-order chi connectivity index (χ1) is 12.2. The van der Waals surface area contributed by atoms with Crippen molar-refractivity contribution in [2.45, 2.75) is 6.42 Å². The van der Waals surface area contributed by atoms with Crippen LogP contribution in [-0.4, -0.2) is 60.0 Å². The number of amides is 1. The molecule has 0 saturated carbocycles. The highest BCUT2D eigenvalue weighted by atomic mass is 35.5. The van der Waals surface area contributed by atoms with Crippen molar-refractivity contribution < 1.29 is 4.79 Å². The van der Waals surface area contributed by atoms with Crippen LogP contribution in [0.4, 0.5) is 5.82 Å². The average molecular weight is 359 g/mol. The van der Waals surface area contributed by atoms with Gasteiger partial charge in [-0.15, -0.1) is 0 Å². The fourth-order valence-electron chi connectivity index (χ4n) is 2.94. The van der Waals surface area contributed by atoms with E-state index in [0.29, 0.717) is 17.4 Å². The van der Waals surface area contributed by atoms with Crippen LogP contribution in [0.15, 0.2) is 48.7 Å². The third-order valence-corrected chi connectivity index (χ3v) is 4.61. The van der Waals surface area contributed by atoms with Crippen LogP contribution >= 0.6 is 11.6 Å². The first-order valence-corrected chi connectivity index (χ1v) is 8.97. The predicted molar refractivity (Wildman–Crippen MR) is 101 cm³/mol. The molecule has 1 aliphatic rings. The van der Waals surface area contributed by atoms with Gasteiger partial charge >= 0.3 is 0 Å². The molecule has 5 nitrogen and oxygen atoms in total. The zero-order valence-corrected chi connectivity index (χ0v) is 15.0. The normalized spacial score (nSPS) is 15.9. The summed E-state index contributed by atoms with van der Waals surface area (Å²) in [4.78, 5) is 20.8. The van der Waals surface area contributed by atoms with Crippen LogP contribution in [0.1, 0.15) is 5.56 Å². The van der Waals surface area contributed by atoms with Crippen LogP contribution in [0.2, 0.25) is 5.02 Å². The van der Waals surface area contributed by atoms with E-state index in [1.165, 1.54) is 11.8 Å². The number of aromatic nitrogens is 1. The lowest BCUT2D eigenvalue weighted by molar-refractivity contribution is -0.117. The summed E-state index contributed by atoms with van der Waals surface area (Å²) in [6, 6.07) is 14.0. The Balaban J connectivity index is 1.37. The SMILES string of the molecule is O=C(CN1CCN(CCc2ccccc2)CC1)Nc1ccc(Cl)cn1. The third kappa shape index (κ3) is 5.81. The molecule has 3 rings (SSSR count). The summed E-state index contributed by atoms with van der Waals surface area (Å²) in [5.41, 5.74) is 1.37. The molecule has 2 heterocycles. The second-order valence-electron chi connectivity index (χ2n) is 6.26. The number of nitrogens with zero attached hydrogens (tertiary/aromatic N) is 3. The molecule has 0 aliphatic carbocycles. The fourth-order valence-corrected chi connectivity index (χ4v) is 3.05. The Morgan fingerprint density at radius 1 is 1.04 bits per heavy atom. The summed E-state index contributed by atoms with van der Waals surface area (Å²) in [5, 5.41) is 3.37. The standard InChI is InChI=1S/C19H23ClN4O/c20-17-6-7-18(21-14-17)22-19(25)15-24-12-10-23(11-13-24)9-8-16-4-2-1-3-5-16/h1-7,14H,8-13,15H2,(H,21,22,25). The van der Waals surface area contributed by atoms with E-state index in [4.69, 9.17) is 11.6 Å². The van der Waals surface area contributed by atoms with Crippen LogP contribution < -0.4 is 5.32 Å². The van der Waals surface area contributed by atoms with E-state index in [9.17, 15) is 4.79 Å². The van der Waals surface area contributed by atoms with Gasteiger partial charge < -0.3 is 10.2 Å². The van der Waals surface area contributed by atoms with E-state index >= 15 is 0 Å². The maximum Gasteiger partial charge on any atom is 0.239 e. The molecule has 1 aromatic heterocycles. The zero-order valence-electron chi connectivity index (χ0n) is 14.2. The van der Waals surface area contributed by atoms with Gasteiger partial charge in [0.2, 0.25) is 5.91 Å². The van der Waals surface area contributed by atoms with E-state index in [2.05, 4.69) is 44.4 Å². The Bertz CT molecular complexity index is 670. The maximum absolute atomic E-state index is 12.1. The average Bonchev–Trinajstić information content (AvgIpc) is 2.64. The lowest BCUT2D eigenvalue weighted by atomic mass is 10.1. The lowest BCUT2D eigenvalue weighted by Gasteiger charge is -2.34.